The maximum Gasteiger partial charge on any atom is 0.122 e. The first-order valence-corrected chi connectivity index (χ1v) is 6.99. The van der Waals surface area contributed by atoms with Crippen molar-refractivity contribution >= 4 is 0 Å². The minimum absolute atomic E-state index is 0.211. The number of aliphatic hydroxyl groups is 1. The molecular formula is C15H21NO2. The smallest absolute Gasteiger partial charge is 0.122 e. The van der Waals surface area contributed by atoms with Crippen LogP contribution in [0.2, 0.25) is 0 Å². The fourth-order valence-corrected chi connectivity index (χ4v) is 2.95. The molecule has 1 aromatic carbocycles. The van der Waals surface area contributed by atoms with Crippen LogP contribution in [0.25, 0.3) is 0 Å². The van der Waals surface area contributed by atoms with Gasteiger partial charge in [-0.1, -0.05) is 12.1 Å². The van der Waals surface area contributed by atoms with Crippen molar-refractivity contribution < 1.29 is 9.84 Å². The average molecular weight is 247 g/mol. The maximum absolute atomic E-state index is 10.1. The number of benzene rings is 1. The predicted octanol–water partition coefficient (Wildman–Crippen LogP) is 1.67. The van der Waals surface area contributed by atoms with E-state index in [0.717, 1.165) is 44.6 Å². The lowest BCUT2D eigenvalue weighted by Crippen LogP contribution is -2.34. The van der Waals surface area contributed by atoms with Gasteiger partial charge in [0.15, 0.2) is 0 Å². The lowest BCUT2D eigenvalue weighted by atomic mass is 9.99. The van der Waals surface area contributed by atoms with Crippen LogP contribution in [0.3, 0.4) is 0 Å². The van der Waals surface area contributed by atoms with E-state index in [2.05, 4.69) is 23.5 Å². The molecule has 18 heavy (non-hydrogen) atoms. The zero-order valence-corrected chi connectivity index (χ0v) is 10.7. The third kappa shape index (κ3) is 2.52. The molecule has 0 aliphatic carbocycles. The Morgan fingerprint density at radius 2 is 2.39 bits per heavy atom. The Labute approximate surface area is 108 Å². The average Bonchev–Trinajstić information content (AvgIpc) is 3.05. The third-order valence-corrected chi connectivity index (χ3v) is 4.05. The number of rotatable bonds is 4. The van der Waals surface area contributed by atoms with Crippen molar-refractivity contribution in [3.8, 4) is 5.75 Å². The summed E-state index contributed by atoms with van der Waals surface area (Å²) >= 11 is 0. The quantitative estimate of drug-likeness (QED) is 0.850. The second-order valence-corrected chi connectivity index (χ2v) is 5.35. The van der Waals surface area contributed by atoms with E-state index in [4.69, 9.17) is 4.74 Å². The molecule has 1 saturated heterocycles. The number of ether oxygens (including phenoxy) is 1. The highest BCUT2D eigenvalue weighted by Crippen LogP contribution is 2.26. The molecule has 2 aliphatic heterocycles. The summed E-state index contributed by atoms with van der Waals surface area (Å²) in [6.45, 7) is 1.87. The summed E-state index contributed by atoms with van der Waals surface area (Å²) in [5.41, 5.74) is 2.64. The Balaban J connectivity index is 1.56. The van der Waals surface area contributed by atoms with Crippen molar-refractivity contribution in [2.45, 2.75) is 44.2 Å². The monoisotopic (exact) mass is 247 g/mol. The minimum Gasteiger partial charge on any atom is -0.493 e. The van der Waals surface area contributed by atoms with Crippen LogP contribution in [-0.4, -0.2) is 30.4 Å². The molecule has 0 radical (unpaired) electrons. The van der Waals surface area contributed by atoms with Crippen LogP contribution >= 0.6 is 0 Å². The summed E-state index contributed by atoms with van der Waals surface area (Å²) in [7, 11) is 0. The summed E-state index contributed by atoms with van der Waals surface area (Å²) in [5.74, 6) is 1.04. The van der Waals surface area contributed by atoms with Gasteiger partial charge in [0.25, 0.3) is 0 Å². The summed E-state index contributed by atoms with van der Waals surface area (Å²) in [6.07, 6.45) is 4.91. The summed E-state index contributed by atoms with van der Waals surface area (Å²) in [6, 6.07) is 6.73. The first-order chi connectivity index (χ1) is 8.83. The van der Waals surface area contributed by atoms with Crippen molar-refractivity contribution in [2.24, 2.45) is 0 Å². The Morgan fingerprint density at radius 1 is 1.44 bits per heavy atom. The van der Waals surface area contributed by atoms with E-state index in [1.54, 1.807) is 0 Å². The first-order valence-electron chi connectivity index (χ1n) is 6.99. The van der Waals surface area contributed by atoms with Crippen molar-refractivity contribution in [3.05, 3.63) is 29.3 Å². The number of aliphatic hydroxyl groups excluding tert-OH is 1. The highest BCUT2D eigenvalue weighted by atomic mass is 16.5. The van der Waals surface area contributed by atoms with Crippen LogP contribution in [0.1, 0.15) is 30.4 Å². The van der Waals surface area contributed by atoms with Crippen molar-refractivity contribution in [3.63, 3.8) is 0 Å². The SMILES string of the molecule is OC(CCc1ccc2c(c1)CCO2)C1CCCN1. The third-order valence-electron chi connectivity index (χ3n) is 4.05. The minimum atomic E-state index is -0.211. The molecule has 0 bridgehead atoms. The van der Waals surface area contributed by atoms with E-state index >= 15 is 0 Å². The standard InChI is InChI=1S/C15H21NO2/c17-14(13-2-1-8-16-13)5-3-11-4-6-15-12(10-11)7-9-18-15/h4,6,10,13-14,16-17H,1-3,5,7-9H2. The molecule has 3 nitrogen and oxygen atoms in total. The van der Waals surface area contributed by atoms with E-state index in [9.17, 15) is 5.11 Å². The van der Waals surface area contributed by atoms with E-state index in [-0.39, 0.29) is 6.10 Å². The number of fused-ring (bicyclic) bond motifs is 1. The van der Waals surface area contributed by atoms with Crippen molar-refractivity contribution in [1.29, 1.82) is 0 Å². The molecule has 3 rings (SSSR count). The molecular weight excluding hydrogens is 226 g/mol. The van der Waals surface area contributed by atoms with Gasteiger partial charge in [-0.3, -0.25) is 0 Å². The van der Waals surface area contributed by atoms with Gasteiger partial charge in [0, 0.05) is 12.5 Å². The van der Waals surface area contributed by atoms with Gasteiger partial charge in [-0.25, -0.2) is 0 Å². The van der Waals surface area contributed by atoms with Crippen LogP contribution < -0.4 is 10.1 Å². The number of nitrogens with one attached hydrogen (secondary N) is 1. The molecule has 3 heteroatoms. The maximum atomic E-state index is 10.1. The number of hydrogen-bond donors (Lipinski definition) is 2. The van der Waals surface area contributed by atoms with Gasteiger partial charge in [0.2, 0.25) is 0 Å². The molecule has 2 unspecified atom stereocenters. The summed E-state index contributed by atoms with van der Waals surface area (Å²) in [5, 5.41) is 13.5. The summed E-state index contributed by atoms with van der Waals surface area (Å²) in [4.78, 5) is 0. The molecule has 1 fully saturated rings. The van der Waals surface area contributed by atoms with Crippen LogP contribution in [0, 0.1) is 0 Å². The van der Waals surface area contributed by atoms with Gasteiger partial charge >= 0.3 is 0 Å². The second-order valence-electron chi connectivity index (χ2n) is 5.35. The van der Waals surface area contributed by atoms with Gasteiger partial charge in [-0.15, -0.1) is 0 Å². The number of aryl methyl sites for hydroxylation is 1. The van der Waals surface area contributed by atoms with E-state index in [0.29, 0.717) is 6.04 Å². The van der Waals surface area contributed by atoms with Crippen LogP contribution in [0.4, 0.5) is 0 Å². The highest BCUT2D eigenvalue weighted by molar-refractivity contribution is 5.39. The van der Waals surface area contributed by atoms with Gasteiger partial charge in [-0.05, 0) is 49.4 Å². The molecule has 2 aliphatic rings. The molecule has 0 saturated carbocycles. The Hall–Kier alpha value is -1.06. The van der Waals surface area contributed by atoms with Crippen molar-refractivity contribution in [2.75, 3.05) is 13.2 Å². The molecule has 2 heterocycles. The Kier molecular flexibility index (Phi) is 3.52. The largest absolute Gasteiger partial charge is 0.493 e. The first kappa shape index (κ1) is 12.0. The normalized spacial score (nSPS) is 23.7. The Bertz CT molecular complexity index is 413. The fraction of sp³-hybridized carbons (Fsp3) is 0.600. The Morgan fingerprint density at radius 3 is 3.22 bits per heavy atom. The van der Waals surface area contributed by atoms with Gasteiger partial charge in [0.1, 0.15) is 5.75 Å². The van der Waals surface area contributed by atoms with E-state index in [1.807, 2.05) is 0 Å². The zero-order chi connectivity index (χ0) is 12.4. The van der Waals surface area contributed by atoms with E-state index < -0.39 is 0 Å². The predicted molar refractivity (Wildman–Crippen MR) is 71.0 cm³/mol. The molecule has 2 atom stereocenters. The van der Waals surface area contributed by atoms with Crippen LogP contribution in [0.5, 0.6) is 5.75 Å². The molecule has 98 valence electrons. The number of hydrogen-bond acceptors (Lipinski definition) is 3. The summed E-state index contributed by atoms with van der Waals surface area (Å²) < 4.78 is 5.50. The van der Waals surface area contributed by atoms with Gasteiger partial charge in [-0.2, -0.15) is 0 Å². The topological polar surface area (TPSA) is 41.5 Å². The molecule has 0 aromatic heterocycles. The lowest BCUT2D eigenvalue weighted by Gasteiger charge is -2.18. The lowest BCUT2D eigenvalue weighted by molar-refractivity contribution is 0.127. The van der Waals surface area contributed by atoms with Crippen LogP contribution in [0.15, 0.2) is 18.2 Å². The van der Waals surface area contributed by atoms with Crippen LogP contribution in [-0.2, 0) is 12.8 Å². The second kappa shape index (κ2) is 5.29. The van der Waals surface area contributed by atoms with Gasteiger partial charge in [0.05, 0.1) is 12.7 Å². The fourth-order valence-electron chi connectivity index (χ4n) is 2.95. The highest BCUT2D eigenvalue weighted by Gasteiger charge is 2.22. The molecule has 1 aromatic rings. The van der Waals surface area contributed by atoms with E-state index in [1.165, 1.54) is 17.5 Å². The molecule has 0 amide bonds. The molecule has 0 spiro atoms. The zero-order valence-electron chi connectivity index (χ0n) is 10.7. The van der Waals surface area contributed by atoms with Crippen molar-refractivity contribution in [1.82, 2.24) is 5.32 Å². The molecule has 2 N–H and O–H groups in total. The van der Waals surface area contributed by atoms with Gasteiger partial charge < -0.3 is 15.2 Å².